The van der Waals surface area contributed by atoms with Crippen molar-refractivity contribution in [3.05, 3.63) is 0 Å². The van der Waals surface area contributed by atoms with E-state index in [1.807, 2.05) is 0 Å². The van der Waals surface area contributed by atoms with Crippen molar-refractivity contribution >= 4 is 109 Å². The van der Waals surface area contributed by atoms with Crippen molar-refractivity contribution in [3.63, 3.8) is 0 Å². The van der Waals surface area contributed by atoms with E-state index in [1.165, 1.54) is 0 Å². The van der Waals surface area contributed by atoms with Crippen LogP contribution in [0.25, 0.3) is 0 Å². The van der Waals surface area contributed by atoms with Crippen LogP contribution in [0.3, 0.4) is 0 Å². The second kappa shape index (κ2) is 16.3. The molecular formula is H8BaCaSi2. The van der Waals surface area contributed by atoms with E-state index in [-0.39, 0.29) is 111 Å². The average molecular weight is 242 g/mol. The van der Waals surface area contributed by atoms with E-state index >= 15 is 0 Å². The van der Waals surface area contributed by atoms with Gasteiger partial charge >= 0.3 is 86.6 Å². The van der Waals surface area contributed by atoms with Gasteiger partial charge in [0.05, 0.1) is 0 Å². The Bertz CT molecular complexity index is 11.5. The summed E-state index contributed by atoms with van der Waals surface area (Å²) in [5.41, 5.74) is 0. The monoisotopic (exact) mass is 242 g/mol. The molecule has 0 unspecified atom stereocenters. The molecule has 0 heterocycles. The molecule has 0 saturated heterocycles. The predicted octanol–water partition coefficient (Wildman–Crippen LogP) is -2.90. The van der Waals surface area contributed by atoms with Crippen LogP contribution in [0, 0.1) is 0 Å². The fourth-order valence-electron chi connectivity index (χ4n) is 0. The van der Waals surface area contributed by atoms with Crippen LogP contribution in [0.15, 0.2) is 0 Å². The van der Waals surface area contributed by atoms with Crippen LogP contribution in [-0.2, 0) is 0 Å². The minimum absolute atomic E-state index is 0. The first-order valence-corrected chi connectivity index (χ1v) is 0. The third kappa shape index (κ3) is 8.98. The quantitative estimate of drug-likeness (QED) is 0.399. The molecule has 0 aromatic carbocycles. The zero-order chi connectivity index (χ0) is 0. The van der Waals surface area contributed by atoms with Crippen molar-refractivity contribution in [3.8, 4) is 0 Å². The first-order chi connectivity index (χ1) is 0. The number of hydrogen-bond acceptors (Lipinski definition) is 0. The molecule has 20 valence electrons. The van der Waals surface area contributed by atoms with Crippen LogP contribution in [0.2, 0.25) is 0 Å². The van der Waals surface area contributed by atoms with Gasteiger partial charge in [0.25, 0.3) is 0 Å². The zero-order valence-electron chi connectivity index (χ0n) is 5.41. The van der Waals surface area contributed by atoms with Crippen LogP contribution in [0.5, 0.6) is 0 Å². The molecule has 4 heavy (non-hydrogen) atoms. The van der Waals surface area contributed by atoms with Gasteiger partial charge < -0.3 is 24.8 Å². The summed E-state index contributed by atoms with van der Waals surface area (Å²) in [5.74, 6) is 0. The first-order valence-electron chi connectivity index (χ1n) is 0. The molecule has 0 rings (SSSR count). The molecule has 0 atom stereocenters. The Morgan fingerprint density at radius 1 is 1.00 bits per heavy atom. The van der Waals surface area contributed by atoms with Gasteiger partial charge in [0.1, 0.15) is 0 Å². The Balaban J connectivity index is 0. The van der Waals surface area contributed by atoms with Gasteiger partial charge in [0.15, 0.2) is 0 Å². The molecule has 0 amide bonds. The molecule has 0 fully saturated rings. The molecule has 0 aromatic heterocycles. The van der Waals surface area contributed by atoms with Crippen LogP contribution in [0.4, 0.5) is 0 Å². The van der Waals surface area contributed by atoms with Crippen LogP contribution >= 0.6 is 0 Å². The summed E-state index contributed by atoms with van der Waals surface area (Å²) >= 11 is 0. The maximum atomic E-state index is 0. The molecule has 0 radical (unpaired) electrons. The summed E-state index contributed by atoms with van der Waals surface area (Å²) in [6, 6.07) is 0. The predicted molar refractivity (Wildman–Crippen MR) is 33.6 cm³/mol. The van der Waals surface area contributed by atoms with E-state index in [0.717, 1.165) is 0 Å². The molecule has 0 N–H and O–H groups in total. The fourth-order valence-corrected chi connectivity index (χ4v) is 0. The summed E-state index contributed by atoms with van der Waals surface area (Å²) in [7, 11) is 0. The standard InChI is InChI=1S/Ba.Ca.2H3Si.2H/h;;2*1H3;;/q2*+2;4*-1. The van der Waals surface area contributed by atoms with Crippen molar-refractivity contribution in [1.29, 1.82) is 0 Å². The van der Waals surface area contributed by atoms with Crippen LogP contribution in [0.1, 0.15) is 2.85 Å². The van der Waals surface area contributed by atoms with E-state index in [0.29, 0.717) is 0 Å². The zero-order valence-corrected chi connectivity index (χ0v) is 14.1. The molecule has 4 heteroatoms. The Morgan fingerprint density at radius 2 is 1.00 bits per heavy atom. The van der Waals surface area contributed by atoms with Gasteiger partial charge in [0, 0.05) is 0 Å². The van der Waals surface area contributed by atoms with Gasteiger partial charge in [0.2, 0.25) is 0 Å². The van der Waals surface area contributed by atoms with Gasteiger partial charge in [-0.25, -0.2) is 0 Å². The second-order valence-electron chi connectivity index (χ2n) is 0. The van der Waals surface area contributed by atoms with Gasteiger partial charge in [-0.15, -0.1) is 0 Å². The van der Waals surface area contributed by atoms with E-state index in [9.17, 15) is 0 Å². The first kappa shape index (κ1) is 26.7. The molecule has 0 aromatic rings. The summed E-state index contributed by atoms with van der Waals surface area (Å²) < 4.78 is 0. The Labute approximate surface area is 109 Å². The largest absolute Gasteiger partial charge is 2.00 e. The normalized spacial score (nSPS) is 0. The van der Waals surface area contributed by atoms with Crippen LogP contribution < -0.4 is 0 Å². The number of hydrogen-bond donors (Lipinski definition) is 0. The maximum Gasteiger partial charge on any atom is 2.00 e. The van der Waals surface area contributed by atoms with Crippen molar-refractivity contribution in [1.82, 2.24) is 0 Å². The summed E-state index contributed by atoms with van der Waals surface area (Å²) in [4.78, 5) is 0. The van der Waals surface area contributed by atoms with Gasteiger partial charge in [-0.1, -0.05) is 0 Å². The van der Waals surface area contributed by atoms with E-state index in [4.69, 9.17) is 0 Å². The fraction of sp³-hybridized carbons (Fsp3) is 0. The molecule has 0 aliphatic rings. The topological polar surface area (TPSA) is 0 Å². The number of rotatable bonds is 0. The van der Waals surface area contributed by atoms with Gasteiger partial charge in [-0.3, -0.25) is 0 Å². The third-order valence-electron chi connectivity index (χ3n) is 0. The molecule has 0 aliphatic heterocycles. The van der Waals surface area contributed by atoms with E-state index in [1.54, 1.807) is 0 Å². The van der Waals surface area contributed by atoms with Crippen molar-refractivity contribution in [2.45, 2.75) is 0 Å². The molecular weight excluding hydrogens is 234 g/mol. The minimum atomic E-state index is 0. The van der Waals surface area contributed by atoms with Gasteiger partial charge in [-0.05, 0) is 0 Å². The SMILES string of the molecule is [Ba+2].[Ca+2].[H-].[H-].[SiH3-].[SiH3-]. The third-order valence-corrected chi connectivity index (χ3v) is 0. The second-order valence-corrected chi connectivity index (χ2v) is 0. The molecule has 0 nitrogen and oxygen atoms in total. The molecule has 0 saturated carbocycles. The van der Waals surface area contributed by atoms with E-state index in [2.05, 4.69) is 0 Å². The maximum absolute atomic E-state index is 0. The molecule has 0 bridgehead atoms. The summed E-state index contributed by atoms with van der Waals surface area (Å²) in [6.07, 6.45) is 0. The van der Waals surface area contributed by atoms with Crippen LogP contribution in [-0.4, -0.2) is 109 Å². The summed E-state index contributed by atoms with van der Waals surface area (Å²) in [5, 5.41) is 0. The van der Waals surface area contributed by atoms with Crippen molar-refractivity contribution in [2.24, 2.45) is 0 Å². The average Bonchev–Trinajstić information content (AvgIpc) is 0. The molecule has 0 spiro atoms. The Hall–Kier alpha value is 3.26. The van der Waals surface area contributed by atoms with E-state index < -0.39 is 0 Å². The Kier molecular flexibility index (Phi) is 109. The van der Waals surface area contributed by atoms with Gasteiger partial charge in [-0.2, -0.15) is 0 Å². The van der Waals surface area contributed by atoms with Crippen molar-refractivity contribution in [2.75, 3.05) is 0 Å². The smallest absolute Gasteiger partial charge is 1.00 e. The van der Waals surface area contributed by atoms with Crippen molar-refractivity contribution < 1.29 is 2.85 Å². The molecule has 0 aliphatic carbocycles. The Morgan fingerprint density at radius 3 is 1.00 bits per heavy atom. The summed E-state index contributed by atoms with van der Waals surface area (Å²) in [6.45, 7) is 0. The minimum Gasteiger partial charge on any atom is -1.00 e.